The van der Waals surface area contributed by atoms with Gasteiger partial charge >= 0.3 is 0 Å². The Hall–Kier alpha value is -0.0800. The van der Waals surface area contributed by atoms with Gasteiger partial charge in [0.15, 0.2) is 6.29 Å². The number of aliphatic hydroxyl groups is 1. The summed E-state index contributed by atoms with van der Waals surface area (Å²) in [5.74, 6) is 2.21. The lowest BCUT2D eigenvalue weighted by molar-refractivity contribution is -0.0922. The van der Waals surface area contributed by atoms with Crippen molar-refractivity contribution in [3.05, 3.63) is 0 Å². The first kappa shape index (κ1) is 8.52. The second-order valence-electron chi connectivity index (χ2n) is 4.31. The average molecular weight is 170 g/mol. The Bertz CT molecular complexity index is 169. The third-order valence-electron chi connectivity index (χ3n) is 3.64. The highest BCUT2D eigenvalue weighted by molar-refractivity contribution is 4.93. The van der Waals surface area contributed by atoms with Crippen LogP contribution in [0.4, 0.5) is 0 Å². The van der Waals surface area contributed by atoms with Gasteiger partial charge in [-0.05, 0) is 24.2 Å². The van der Waals surface area contributed by atoms with E-state index in [2.05, 4.69) is 13.8 Å². The van der Waals surface area contributed by atoms with E-state index >= 15 is 0 Å². The van der Waals surface area contributed by atoms with Crippen molar-refractivity contribution >= 4 is 0 Å². The normalized spacial score (nSPS) is 52.8. The molecule has 2 fully saturated rings. The highest BCUT2D eigenvalue weighted by Crippen LogP contribution is 2.46. The van der Waals surface area contributed by atoms with Gasteiger partial charge in [-0.25, -0.2) is 0 Å². The number of ether oxygens (including phenoxy) is 1. The molecule has 0 aromatic rings. The minimum absolute atomic E-state index is 0.361. The quantitative estimate of drug-likeness (QED) is 0.650. The van der Waals surface area contributed by atoms with Crippen molar-refractivity contribution < 1.29 is 9.84 Å². The summed E-state index contributed by atoms with van der Waals surface area (Å²) in [7, 11) is 0. The van der Waals surface area contributed by atoms with Gasteiger partial charge in [0.2, 0.25) is 0 Å². The first-order valence-electron chi connectivity index (χ1n) is 5.06. The minimum atomic E-state index is -0.471. The summed E-state index contributed by atoms with van der Waals surface area (Å²) in [6.07, 6.45) is 3.15. The van der Waals surface area contributed by atoms with E-state index in [1.165, 1.54) is 6.42 Å². The van der Waals surface area contributed by atoms with Gasteiger partial charge in [0.05, 0.1) is 6.10 Å². The van der Waals surface area contributed by atoms with E-state index in [1.54, 1.807) is 0 Å². The van der Waals surface area contributed by atoms with E-state index in [1.807, 2.05) is 0 Å². The van der Waals surface area contributed by atoms with Crippen molar-refractivity contribution in [2.24, 2.45) is 17.8 Å². The molecule has 2 nitrogen and oxygen atoms in total. The Balaban J connectivity index is 2.06. The maximum absolute atomic E-state index is 9.31. The fourth-order valence-corrected chi connectivity index (χ4v) is 3.09. The van der Waals surface area contributed by atoms with Crippen molar-refractivity contribution in [3.8, 4) is 0 Å². The van der Waals surface area contributed by atoms with Crippen molar-refractivity contribution in [2.45, 2.75) is 45.5 Å². The lowest BCUT2D eigenvalue weighted by Crippen LogP contribution is -2.14. The molecule has 5 atom stereocenters. The van der Waals surface area contributed by atoms with Gasteiger partial charge in [-0.1, -0.05) is 20.3 Å². The van der Waals surface area contributed by atoms with Gasteiger partial charge in [0.1, 0.15) is 0 Å². The smallest absolute Gasteiger partial charge is 0.155 e. The van der Waals surface area contributed by atoms with Crippen molar-refractivity contribution in [3.63, 3.8) is 0 Å². The highest BCUT2D eigenvalue weighted by Gasteiger charge is 2.46. The minimum Gasteiger partial charge on any atom is -0.368 e. The topological polar surface area (TPSA) is 29.5 Å². The molecular formula is C10H18O2. The number of rotatable bonds is 1. The van der Waals surface area contributed by atoms with E-state index in [-0.39, 0.29) is 0 Å². The van der Waals surface area contributed by atoms with E-state index in [0.717, 1.165) is 24.7 Å². The molecule has 0 aromatic carbocycles. The predicted molar refractivity (Wildman–Crippen MR) is 46.5 cm³/mol. The second-order valence-corrected chi connectivity index (χ2v) is 4.31. The molecule has 1 heterocycles. The number of hydrogen-bond donors (Lipinski definition) is 1. The number of fused-ring (bicyclic) bond motifs is 1. The van der Waals surface area contributed by atoms with Gasteiger partial charge in [-0.2, -0.15) is 0 Å². The van der Waals surface area contributed by atoms with Crippen LogP contribution in [0.3, 0.4) is 0 Å². The highest BCUT2D eigenvalue weighted by atomic mass is 16.6. The van der Waals surface area contributed by atoms with Crippen LogP contribution in [0, 0.1) is 17.8 Å². The maximum Gasteiger partial charge on any atom is 0.155 e. The van der Waals surface area contributed by atoms with Gasteiger partial charge in [0, 0.05) is 6.42 Å². The molecule has 0 spiro atoms. The van der Waals surface area contributed by atoms with E-state index in [4.69, 9.17) is 4.74 Å². The van der Waals surface area contributed by atoms with Crippen LogP contribution in [0.25, 0.3) is 0 Å². The van der Waals surface area contributed by atoms with Crippen LogP contribution in [-0.4, -0.2) is 17.5 Å². The monoisotopic (exact) mass is 170 g/mol. The lowest BCUT2D eigenvalue weighted by Gasteiger charge is -2.18. The van der Waals surface area contributed by atoms with Crippen LogP contribution < -0.4 is 0 Å². The molecule has 2 aliphatic rings. The van der Waals surface area contributed by atoms with Crippen molar-refractivity contribution in [1.29, 1.82) is 0 Å². The molecule has 0 radical (unpaired) electrons. The van der Waals surface area contributed by atoms with Crippen LogP contribution in [-0.2, 0) is 4.74 Å². The molecular weight excluding hydrogens is 152 g/mol. The molecule has 2 heteroatoms. The molecule has 1 aliphatic heterocycles. The van der Waals surface area contributed by atoms with E-state index in [0.29, 0.717) is 12.0 Å². The van der Waals surface area contributed by atoms with E-state index in [9.17, 15) is 5.11 Å². The average Bonchev–Trinajstić information content (AvgIpc) is 2.43. The molecule has 2 unspecified atom stereocenters. The molecule has 0 amide bonds. The van der Waals surface area contributed by atoms with Crippen LogP contribution >= 0.6 is 0 Å². The molecule has 2 rings (SSSR count). The summed E-state index contributed by atoms with van der Waals surface area (Å²) in [5, 5.41) is 9.31. The molecule has 70 valence electrons. The van der Waals surface area contributed by atoms with E-state index < -0.39 is 6.29 Å². The summed E-state index contributed by atoms with van der Waals surface area (Å²) in [5.41, 5.74) is 0. The van der Waals surface area contributed by atoms with Gasteiger partial charge in [0.25, 0.3) is 0 Å². The number of hydrogen-bond acceptors (Lipinski definition) is 2. The van der Waals surface area contributed by atoms with Crippen LogP contribution in [0.2, 0.25) is 0 Å². The van der Waals surface area contributed by atoms with Crippen molar-refractivity contribution in [2.75, 3.05) is 0 Å². The van der Waals surface area contributed by atoms with Crippen molar-refractivity contribution in [1.82, 2.24) is 0 Å². The fourth-order valence-electron chi connectivity index (χ4n) is 3.09. The molecule has 1 N–H and O–H groups in total. The summed E-state index contributed by atoms with van der Waals surface area (Å²) in [6, 6.07) is 0. The van der Waals surface area contributed by atoms with Crippen LogP contribution in [0.15, 0.2) is 0 Å². The standard InChI is InChI=1S/C10H18O2/c1-3-7-6(2)4-9-8(7)5-10(11)12-9/h6-11H,3-5H2,1-2H3/t6-,7+,8-,9?,10?/m1/s1. The first-order valence-corrected chi connectivity index (χ1v) is 5.06. The third kappa shape index (κ3) is 1.17. The lowest BCUT2D eigenvalue weighted by atomic mass is 9.86. The predicted octanol–water partition coefficient (Wildman–Crippen LogP) is 1.78. The fraction of sp³-hybridized carbons (Fsp3) is 1.00. The Morgan fingerprint density at radius 3 is 2.83 bits per heavy atom. The first-order chi connectivity index (χ1) is 5.72. The Morgan fingerprint density at radius 2 is 2.17 bits per heavy atom. The van der Waals surface area contributed by atoms with Gasteiger partial charge < -0.3 is 9.84 Å². The second kappa shape index (κ2) is 3.00. The SMILES string of the molecule is CC[C@H]1[C@H](C)CC2OC(O)C[C@@H]21. The van der Waals surface area contributed by atoms with Crippen LogP contribution in [0.5, 0.6) is 0 Å². The molecule has 12 heavy (non-hydrogen) atoms. The zero-order chi connectivity index (χ0) is 8.72. The molecule has 1 saturated heterocycles. The molecule has 0 aromatic heterocycles. The summed E-state index contributed by atoms with van der Waals surface area (Å²) in [4.78, 5) is 0. The molecule has 0 bridgehead atoms. The summed E-state index contributed by atoms with van der Waals surface area (Å²) in [6.45, 7) is 4.55. The summed E-state index contributed by atoms with van der Waals surface area (Å²) < 4.78 is 5.44. The zero-order valence-corrected chi connectivity index (χ0v) is 7.86. The summed E-state index contributed by atoms with van der Waals surface area (Å²) >= 11 is 0. The maximum atomic E-state index is 9.31. The van der Waals surface area contributed by atoms with Gasteiger partial charge in [-0.3, -0.25) is 0 Å². The largest absolute Gasteiger partial charge is 0.368 e. The third-order valence-corrected chi connectivity index (χ3v) is 3.64. The zero-order valence-electron chi connectivity index (χ0n) is 7.86. The Morgan fingerprint density at radius 1 is 1.42 bits per heavy atom. The van der Waals surface area contributed by atoms with Crippen LogP contribution in [0.1, 0.15) is 33.1 Å². The Labute approximate surface area is 73.9 Å². The molecule has 1 saturated carbocycles. The number of aliphatic hydroxyl groups excluding tert-OH is 1. The van der Waals surface area contributed by atoms with Gasteiger partial charge in [-0.15, -0.1) is 0 Å². The Kier molecular flexibility index (Phi) is 2.13. The molecule has 1 aliphatic carbocycles.